The highest BCUT2D eigenvalue weighted by molar-refractivity contribution is 6.34. The summed E-state index contributed by atoms with van der Waals surface area (Å²) in [6.07, 6.45) is 0. The molecule has 2 aromatic rings. The Hall–Kier alpha value is -2.12. The highest BCUT2D eigenvalue weighted by Gasteiger charge is 2.23. The van der Waals surface area contributed by atoms with E-state index in [1.54, 1.807) is 0 Å². The van der Waals surface area contributed by atoms with E-state index < -0.39 is 4.92 Å². The van der Waals surface area contributed by atoms with Gasteiger partial charge in [0, 0.05) is 10.0 Å². The van der Waals surface area contributed by atoms with Gasteiger partial charge in [0.25, 0.3) is 0 Å². The zero-order chi connectivity index (χ0) is 14.9. The van der Waals surface area contributed by atoms with Crippen LogP contribution in [0.3, 0.4) is 0 Å². The first-order valence-corrected chi connectivity index (χ1v) is 6.05. The van der Waals surface area contributed by atoms with E-state index in [9.17, 15) is 10.1 Å². The monoisotopic (exact) mass is 314 g/mol. The van der Waals surface area contributed by atoms with E-state index in [2.05, 4.69) is 9.97 Å². The summed E-state index contributed by atoms with van der Waals surface area (Å²) >= 11 is 11.7. The van der Waals surface area contributed by atoms with Crippen LogP contribution in [0.1, 0.15) is 5.69 Å². The summed E-state index contributed by atoms with van der Waals surface area (Å²) in [5, 5.41) is 11.7. The molecular formula is C11H8Cl2N4O3. The second-order valence-corrected chi connectivity index (χ2v) is 4.66. The van der Waals surface area contributed by atoms with Crippen molar-refractivity contribution in [1.82, 2.24) is 9.97 Å². The molecule has 0 aliphatic carbocycles. The number of ether oxygens (including phenoxy) is 1. The molecule has 0 fully saturated rings. The third kappa shape index (κ3) is 3.06. The molecule has 0 saturated heterocycles. The van der Waals surface area contributed by atoms with Crippen LogP contribution in [-0.4, -0.2) is 14.9 Å². The predicted octanol–water partition coefficient (Wildman–Crippen LogP) is 3.37. The van der Waals surface area contributed by atoms with Gasteiger partial charge in [0.1, 0.15) is 11.4 Å². The largest absolute Gasteiger partial charge is 0.433 e. The Morgan fingerprint density at radius 3 is 2.40 bits per heavy atom. The summed E-state index contributed by atoms with van der Waals surface area (Å²) in [5.74, 6) is -0.183. The molecule has 1 heterocycles. The van der Waals surface area contributed by atoms with Gasteiger partial charge in [-0.2, -0.15) is 4.98 Å². The molecule has 0 aliphatic rings. The highest BCUT2D eigenvalue weighted by Crippen LogP contribution is 2.34. The minimum atomic E-state index is -0.643. The third-order valence-corrected chi connectivity index (χ3v) is 2.71. The van der Waals surface area contributed by atoms with E-state index >= 15 is 0 Å². The zero-order valence-corrected chi connectivity index (χ0v) is 11.6. The van der Waals surface area contributed by atoms with Crippen molar-refractivity contribution in [2.75, 3.05) is 5.73 Å². The number of nitrogens with two attached hydrogens (primary N) is 1. The Morgan fingerprint density at radius 2 is 1.85 bits per heavy atom. The quantitative estimate of drug-likeness (QED) is 0.688. The van der Waals surface area contributed by atoms with Crippen LogP contribution in [0.4, 0.5) is 11.6 Å². The van der Waals surface area contributed by atoms with E-state index in [1.807, 2.05) is 0 Å². The minimum absolute atomic E-state index is 0.102. The summed E-state index contributed by atoms with van der Waals surface area (Å²) in [6.45, 7) is 1.44. The van der Waals surface area contributed by atoms with Crippen LogP contribution < -0.4 is 10.5 Å². The second kappa shape index (κ2) is 5.48. The van der Waals surface area contributed by atoms with Gasteiger partial charge in [0.2, 0.25) is 5.95 Å². The van der Waals surface area contributed by atoms with Crippen molar-refractivity contribution >= 4 is 34.8 Å². The number of rotatable bonds is 3. The first-order chi connectivity index (χ1) is 9.36. The average molecular weight is 315 g/mol. The van der Waals surface area contributed by atoms with Gasteiger partial charge in [-0.15, -0.1) is 0 Å². The molecule has 0 unspecified atom stereocenters. The highest BCUT2D eigenvalue weighted by atomic mass is 35.5. The van der Waals surface area contributed by atoms with Crippen molar-refractivity contribution in [2.24, 2.45) is 0 Å². The number of anilines is 1. The first-order valence-electron chi connectivity index (χ1n) is 5.29. The van der Waals surface area contributed by atoms with Crippen molar-refractivity contribution in [3.8, 4) is 11.6 Å². The molecule has 0 aliphatic heterocycles. The van der Waals surface area contributed by atoms with E-state index in [0.717, 1.165) is 0 Å². The molecule has 20 heavy (non-hydrogen) atoms. The van der Waals surface area contributed by atoms with Gasteiger partial charge < -0.3 is 10.5 Å². The molecule has 0 atom stereocenters. The fraction of sp³-hybridized carbons (Fsp3) is 0.0909. The standard InChI is InChI=1S/C11H8Cl2N4O3/c1-5-9(17(18)19)10(16-11(14)15-5)20-8-3-6(12)2-7(13)4-8/h2-4H,1H3,(H2,14,15,16). The van der Waals surface area contributed by atoms with Gasteiger partial charge in [-0.05, 0) is 25.1 Å². The van der Waals surface area contributed by atoms with Crippen LogP contribution in [0, 0.1) is 17.0 Å². The summed E-state index contributed by atoms with van der Waals surface area (Å²) in [4.78, 5) is 17.8. The Morgan fingerprint density at radius 1 is 1.25 bits per heavy atom. The van der Waals surface area contributed by atoms with Gasteiger partial charge in [0.15, 0.2) is 0 Å². The average Bonchev–Trinajstić information content (AvgIpc) is 2.25. The Balaban J connectivity index is 2.49. The number of aryl methyl sites for hydroxylation is 1. The summed E-state index contributed by atoms with van der Waals surface area (Å²) < 4.78 is 5.35. The molecule has 0 amide bonds. The van der Waals surface area contributed by atoms with Crippen molar-refractivity contribution in [2.45, 2.75) is 6.92 Å². The summed E-state index contributed by atoms with van der Waals surface area (Å²) in [5.41, 5.74) is 5.20. The van der Waals surface area contributed by atoms with Crippen LogP contribution in [-0.2, 0) is 0 Å². The molecule has 0 radical (unpaired) electrons. The van der Waals surface area contributed by atoms with Gasteiger partial charge in [-0.25, -0.2) is 4.98 Å². The van der Waals surface area contributed by atoms with E-state index in [1.165, 1.54) is 25.1 Å². The number of halogens is 2. The maximum atomic E-state index is 11.0. The molecular weight excluding hydrogens is 307 g/mol. The molecule has 104 valence electrons. The maximum Gasteiger partial charge on any atom is 0.352 e. The van der Waals surface area contributed by atoms with Crippen molar-refractivity contribution in [3.05, 3.63) is 44.1 Å². The van der Waals surface area contributed by atoms with Gasteiger partial charge in [-0.1, -0.05) is 23.2 Å². The third-order valence-electron chi connectivity index (χ3n) is 2.28. The van der Waals surface area contributed by atoms with Crippen molar-refractivity contribution < 1.29 is 9.66 Å². The summed E-state index contributed by atoms with van der Waals surface area (Å²) in [6, 6.07) is 4.40. The first kappa shape index (κ1) is 14.3. The number of hydrogen-bond donors (Lipinski definition) is 1. The normalized spacial score (nSPS) is 10.3. The second-order valence-electron chi connectivity index (χ2n) is 3.79. The number of nitro groups is 1. The van der Waals surface area contributed by atoms with Crippen LogP contribution in [0.25, 0.3) is 0 Å². The van der Waals surface area contributed by atoms with Crippen LogP contribution in [0.2, 0.25) is 10.0 Å². The number of hydrogen-bond acceptors (Lipinski definition) is 6. The molecule has 0 bridgehead atoms. The molecule has 1 aromatic carbocycles. The number of aromatic nitrogens is 2. The SMILES string of the molecule is Cc1nc(N)nc(Oc2cc(Cl)cc(Cl)c2)c1[N+](=O)[O-]. The maximum absolute atomic E-state index is 11.0. The topological polar surface area (TPSA) is 104 Å². The van der Waals surface area contributed by atoms with E-state index in [0.29, 0.717) is 10.0 Å². The van der Waals surface area contributed by atoms with Crippen LogP contribution in [0.15, 0.2) is 18.2 Å². The summed E-state index contributed by atoms with van der Waals surface area (Å²) in [7, 11) is 0. The number of nitrogen functional groups attached to an aromatic ring is 1. The smallest absolute Gasteiger partial charge is 0.352 e. The molecule has 0 saturated carbocycles. The molecule has 2 N–H and O–H groups in total. The molecule has 7 nitrogen and oxygen atoms in total. The van der Waals surface area contributed by atoms with E-state index in [-0.39, 0.29) is 29.0 Å². The Bertz CT molecular complexity index is 673. The van der Waals surface area contributed by atoms with Crippen molar-refractivity contribution in [1.29, 1.82) is 0 Å². The van der Waals surface area contributed by atoms with Crippen LogP contribution in [0.5, 0.6) is 11.6 Å². The minimum Gasteiger partial charge on any atom is -0.433 e. The molecule has 2 rings (SSSR count). The van der Waals surface area contributed by atoms with Gasteiger partial charge in [0.05, 0.1) is 4.92 Å². The lowest BCUT2D eigenvalue weighted by Crippen LogP contribution is -2.04. The fourth-order valence-electron chi connectivity index (χ4n) is 1.54. The molecule has 9 heteroatoms. The fourth-order valence-corrected chi connectivity index (χ4v) is 2.05. The lowest BCUT2D eigenvalue weighted by molar-refractivity contribution is -0.386. The number of nitrogens with zero attached hydrogens (tertiary/aromatic N) is 3. The Kier molecular flexibility index (Phi) is 3.91. The van der Waals surface area contributed by atoms with Gasteiger partial charge >= 0.3 is 11.6 Å². The lowest BCUT2D eigenvalue weighted by atomic mass is 10.3. The van der Waals surface area contributed by atoms with Gasteiger partial charge in [-0.3, -0.25) is 10.1 Å². The molecule has 0 spiro atoms. The zero-order valence-electron chi connectivity index (χ0n) is 10.1. The Labute approximate surface area is 123 Å². The predicted molar refractivity (Wildman–Crippen MR) is 74.4 cm³/mol. The molecule has 1 aromatic heterocycles. The number of benzene rings is 1. The lowest BCUT2D eigenvalue weighted by Gasteiger charge is -2.08. The van der Waals surface area contributed by atoms with Crippen LogP contribution >= 0.6 is 23.2 Å². The van der Waals surface area contributed by atoms with E-state index in [4.69, 9.17) is 33.7 Å². The van der Waals surface area contributed by atoms with Crippen molar-refractivity contribution in [3.63, 3.8) is 0 Å².